The first-order valence-electron chi connectivity index (χ1n) is 8.29. The van der Waals surface area contributed by atoms with E-state index in [0.717, 1.165) is 51.6 Å². The van der Waals surface area contributed by atoms with Crippen molar-refractivity contribution in [2.45, 2.75) is 57.0 Å². The van der Waals surface area contributed by atoms with Crippen LogP contribution < -0.4 is 5.32 Å². The normalized spacial score (nSPS) is 24.0. The zero-order chi connectivity index (χ0) is 15.1. The van der Waals surface area contributed by atoms with Gasteiger partial charge < -0.3 is 10.4 Å². The van der Waals surface area contributed by atoms with Gasteiger partial charge >= 0.3 is 0 Å². The van der Waals surface area contributed by atoms with Crippen LogP contribution in [-0.2, 0) is 4.79 Å². The standard InChI is InChI=1S/C17H28N2O2/c1-2-11-19-12-7-15(8-13-19)16(20)18-14-17(21)9-5-3-4-6-10-17/h1,15,21H,3-14H2,(H,18,20). The second-order valence-corrected chi connectivity index (χ2v) is 6.61. The SMILES string of the molecule is C#CCN1CCC(C(=O)NCC2(O)CCCCCC2)CC1. The van der Waals surface area contributed by atoms with Gasteiger partial charge in [-0.05, 0) is 38.8 Å². The van der Waals surface area contributed by atoms with Crippen molar-refractivity contribution in [1.82, 2.24) is 10.2 Å². The molecule has 21 heavy (non-hydrogen) atoms. The predicted octanol–water partition coefficient (Wildman–Crippen LogP) is 1.53. The van der Waals surface area contributed by atoms with Crippen LogP contribution in [0.3, 0.4) is 0 Å². The number of hydrogen-bond acceptors (Lipinski definition) is 3. The summed E-state index contributed by atoms with van der Waals surface area (Å²) in [5, 5.41) is 13.6. The third-order valence-corrected chi connectivity index (χ3v) is 4.90. The van der Waals surface area contributed by atoms with E-state index in [1.165, 1.54) is 12.8 Å². The minimum atomic E-state index is -0.684. The average Bonchev–Trinajstić information content (AvgIpc) is 2.71. The largest absolute Gasteiger partial charge is 0.388 e. The molecule has 2 fully saturated rings. The van der Waals surface area contributed by atoms with Gasteiger partial charge in [-0.2, -0.15) is 0 Å². The van der Waals surface area contributed by atoms with Gasteiger partial charge in [-0.25, -0.2) is 0 Å². The Balaban J connectivity index is 1.73. The Morgan fingerprint density at radius 1 is 1.24 bits per heavy atom. The Labute approximate surface area is 128 Å². The molecule has 0 spiro atoms. The second kappa shape index (κ2) is 7.82. The van der Waals surface area contributed by atoms with E-state index in [1.54, 1.807) is 0 Å². The third-order valence-electron chi connectivity index (χ3n) is 4.90. The molecule has 1 saturated heterocycles. The van der Waals surface area contributed by atoms with Gasteiger partial charge in [0, 0.05) is 12.5 Å². The van der Waals surface area contributed by atoms with Crippen molar-refractivity contribution in [3.05, 3.63) is 0 Å². The highest BCUT2D eigenvalue weighted by atomic mass is 16.3. The maximum absolute atomic E-state index is 12.3. The molecule has 0 aromatic heterocycles. The van der Waals surface area contributed by atoms with E-state index in [-0.39, 0.29) is 11.8 Å². The first-order valence-corrected chi connectivity index (χ1v) is 8.29. The van der Waals surface area contributed by atoms with Crippen LogP contribution in [0.5, 0.6) is 0 Å². The smallest absolute Gasteiger partial charge is 0.223 e. The molecule has 2 rings (SSSR count). The number of piperidine rings is 1. The minimum absolute atomic E-state index is 0.0772. The average molecular weight is 292 g/mol. The summed E-state index contributed by atoms with van der Waals surface area (Å²) in [6.45, 7) is 2.88. The Morgan fingerprint density at radius 2 is 1.86 bits per heavy atom. The summed E-state index contributed by atoms with van der Waals surface area (Å²) >= 11 is 0. The first kappa shape index (κ1) is 16.3. The number of carbonyl (C=O) groups excluding carboxylic acids is 1. The van der Waals surface area contributed by atoms with Crippen LogP contribution >= 0.6 is 0 Å². The number of aliphatic hydroxyl groups is 1. The van der Waals surface area contributed by atoms with Crippen molar-refractivity contribution in [3.63, 3.8) is 0 Å². The highest BCUT2D eigenvalue weighted by Gasteiger charge is 2.30. The third kappa shape index (κ3) is 5.01. The molecule has 0 bridgehead atoms. The number of rotatable bonds is 4. The molecular formula is C17H28N2O2. The van der Waals surface area contributed by atoms with Crippen LogP contribution in [0.1, 0.15) is 51.4 Å². The van der Waals surface area contributed by atoms with Crippen molar-refractivity contribution >= 4 is 5.91 Å². The van der Waals surface area contributed by atoms with Crippen LogP contribution in [0.2, 0.25) is 0 Å². The number of hydrogen-bond donors (Lipinski definition) is 2. The highest BCUT2D eigenvalue weighted by molar-refractivity contribution is 5.78. The molecule has 2 aliphatic rings. The number of nitrogens with one attached hydrogen (secondary N) is 1. The Bertz CT molecular complexity index is 373. The maximum Gasteiger partial charge on any atom is 0.223 e. The van der Waals surface area contributed by atoms with Crippen LogP contribution in [0.25, 0.3) is 0 Å². The Morgan fingerprint density at radius 3 is 2.43 bits per heavy atom. The van der Waals surface area contributed by atoms with Gasteiger partial charge in [0.05, 0.1) is 12.1 Å². The Kier molecular flexibility index (Phi) is 6.08. The summed E-state index contributed by atoms with van der Waals surface area (Å²) in [5.74, 6) is 2.83. The number of nitrogens with zero attached hydrogens (tertiary/aromatic N) is 1. The molecule has 2 N–H and O–H groups in total. The maximum atomic E-state index is 12.3. The molecule has 0 unspecified atom stereocenters. The molecule has 1 heterocycles. The molecule has 1 aliphatic carbocycles. The molecule has 0 radical (unpaired) electrons. The van der Waals surface area contributed by atoms with E-state index >= 15 is 0 Å². The van der Waals surface area contributed by atoms with E-state index in [2.05, 4.69) is 16.1 Å². The molecule has 1 amide bonds. The fraction of sp³-hybridized carbons (Fsp3) is 0.824. The monoisotopic (exact) mass is 292 g/mol. The number of carbonyl (C=O) groups is 1. The molecule has 0 aromatic carbocycles. The highest BCUT2D eigenvalue weighted by Crippen LogP contribution is 2.26. The molecule has 1 aliphatic heterocycles. The lowest BCUT2D eigenvalue weighted by Gasteiger charge is -2.31. The van der Waals surface area contributed by atoms with Crippen molar-refractivity contribution in [2.24, 2.45) is 5.92 Å². The fourth-order valence-electron chi connectivity index (χ4n) is 3.44. The Hall–Kier alpha value is -1.05. The van der Waals surface area contributed by atoms with E-state index in [1.807, 2.05) is 0 Å². The number of terminal acetylenes is 1. The summed E-state index contributed by atoms with van der Waals surface area (Å²) < 4.78 is 0. The van der Waals surface area contributed by atoms with Gasteiger partial charge in [0.25, 0.3) is 0 Å². The van der Waals surface area contributed by atoms with E-state index in [4.69, 9.17) is 6.42 Å². The summed E-state index contributed by atoms with van der Waals surface area (Å²) in [6.07, 6.45) is 13.2. The lowest BCUT2D eigenvalue weighted by molar-refractivity contribution is -0.127. The van der Waals surface area contributed by atoms with E-state index in [0.29, 0.717) is 13.1 Å². The van der Waals surface area contributed by atoms with Gasteiger partial charge in [0.1, 0.15) is 0 Å². The first-order chi connectivity index (χ1) is 10.1. The predicted molar refractivity (Wildman–Crippen MR) is 83.7 cm³/mol. The second-order valence-electron chi connectivity index (χ2n) is 6.61. The molecule has 4 heteroatoms. The number of likely N-dealkylation sites (tertiary alicyclic amines) is 1. The molecule has 1 saturated carbocycles. The molecular weight excluding hydrogens is 264 g/mol. The summed E-state index contributed by atoms with van der Waals surface area (Å²) in [6, 6.07) is 0. The van der Waals surface area contributed by atoms with E-state index in [9.17, 15) is 9.90 Å². The summed E-state index contributed by atoms with van der Waals surface area (Å²) in [7, 11) is 0. The quantitative estimate of drug-likeness (QED) is 0.610. The number of amides is 1. The zero-order valence-corrected chi connectivity index (χ0v) is 12.9. The summed E-state index contributed by atoms with van der Waals surface area (Å²) in [4.78, 5) is 14.5. The molecule has 0 atom stereocenters. The van der Waals surface area contributed by atoms with Crippen molar-refractivity contribution < 1.29 is 9.90 Å². The van der Waals surface area contributed by atoms with Crippen LogP contribution in [0.15, 0.2) is 0 Å². The minimum Gasteiger partial charge on any atom is -0.388 e. The van der Waals surface area contributed by atoms with E-state index < -0.39 is 5.60 Å². The van der Waals surface area contributed by atoms with Crippen LogP contribution in [0.4, 0.5) is 0 Å². The molecule has 118 valence electrons. The van der Waals surface area contributed by atoms with Gasteiger partial charge in [-0.15, -0.1) is 6.42 Å². The van der Waals surface area contributed by atoms with Gasteiger partial charge in [0.2, 0.25) is 5.91 Å². The van der Waals surface area contributed by atoms with Crippen molar-refractivity contribution in [3.8, 4) is 12.3 Å². The van der Waals surface area contributed by atoms with Gasteiger partial charge in [-0.3, -0.25) is 9.69 Å². The molecule has 4 nitrogen and oxygen atoms in total. The zero-order valence-electron chi connectivity index (χ0n) is 12.9. The fourth-order valence-corrected chi connectivity index (χ4v) is 3.44. The van der Waals surface area contributed by atoms with Crippen LogP contribution in [-0.4, -0.2) is 47.7 Å². The van der Waals surface area contributed by atoms with Crippen LogP contribution in [0, 0.1) is 18.3 Å². The van der Waals surface area contributed by atoms with Crippen molar-refractivity contribution in [2.75, 3.05) is 26.2 Å². The lowest BCUT2D eigenvalue weighted by atomic mass is 9.92. The van der Waals surface area contributed by atoms with Crippen molar-refractivity contribution in [1.29, 1.82) is 0 Å². The van der Waals surface area contributed by atoms with Gasteiger partial charge in [0.15, 0.2) is 0 Å². The topological polar surface area (TPSA) is 52.6 Å². The molecule has 0 aromatic rings. The summed E-state index contributed by atoms with van der Waals surface area (Å²) in [5.41, 5.74) is -0.684. The lowest BCUT2D eigenvalue weighted by Crippen LogP contribution is -2.46. The van der Waals surface area contributed by atoms with Gasteiger partial charge in [-0.1, -0.05) is 31.6 Å².